The van der Waals surface area contributed by atoms with E-state index in [4.69, 9.17) is 0 Å². The minimum atomic E-state index is 0.683. The Morgan fingerprint density at radius 2 is 1.90 bits per heavy atom. The molecule has 1 aromatic carbocycles. The van der Waals surface area contributed by atoms with Crippen molar-refractivity contribution < 1.29 is 0 Å². The molecule has 2 aliphatic heterocycles. The number of hydrogen-bond acceptors (Lipinski definition) is 4. The molecule has 0 amide bonds. The van der Waals surface area contributed by atoms with Crippen molar-refractivity contribution in [1.29, 1.82) is 0 Å². The molecule has 108 valence electrons. The molecule has 2 heterocycles. The fraction of sp³-hybridized carbons (Fsp3) is 0.500. The van der Waals surface area contributed by atoms with Gasteiger partial charge in [-0.1, -0.05) is 12.1 Å². The highest BCUT2D eigenvalue weighted by atomic mass is 15.9. The second kappa shape index (κ2) is 6.11. The van der Waals surface area contributed by atoms with E-state index in [0.29, 0.717) is 6.54 Å². The summed E-state index contributed by atoms with van der Waals surface area (Å²) in [6, 6.07) is 8.75. The Morgan fingerprint density at radius 3 is 2.60 bits per heavy atom. The van der Waals surface area contributed by atoms with Crippen LogP contribution in [0, 0.1) is 0 Å². The highest BCUT2D eigenvalue weighted by Gasteiger charge is 2.14. The van der Waals surface area contributed by atoms with Crippen LogP contribution in [0.1, 0.15) is 25.3 Å². The van der Waals surface area contributed by atoms with Crippen molar-refractivity contribution in [3.63, 3.8) is 0 Å². The molecule has 0 bridgehead atoms. The molecule has 20 heavy (non-hydrogen) atoms. The Bertz CT molecular complexity index is 463. The van der Waals surface area contributed by atoms with E-state index in [9.17, 15) is 0 Å². The lowest BCUT2D eigenvalue weighted by molar-refractivity contribution is 0.314. The number of anilines is 1. The van der Waals surface area contributed by atoms with Gasteiger partial charge in [0.25, 0.3) is 0 Å². The largest absolute Gasteiger partial charge is 0.372 e. The highest BCUT2D eigenvalue weighted by Crippen LogP contribution is 2.20. The van der Waals surface area contributed by atoms with Crippen LogP contribution in [0.2, 0.25) is 0 Å². The van der Waals surface area contributed by atoms with E-state index in [1.54, 1.807) is 0 Å². The third-order valence-corrected chi connectivity index (χ3v) is 3.76. The molecule has 6 nitrogen and oxygen atoms in total. The van der Waals surface area contributed by atoms with Gasteiger partial charge in [-0.15, -0.1) is 5.53 Å². The summed E-state index contributed by atoms with van der Waals surface area (Å²) >= 11 is 0. The Balaban J connectivity index is 1.62. The monoisotopic (exact) mass is 274 g/mol. The lowest BCUT2D eigenvalue weighted by Gasteiger charge is -2.17. The molecule has 0 radical (unpaired) electrons. The molecule has 2 aliphatic rings. The van der Waals surface area contributed by atoms with Gasteiger partial charge in [-0.05, 0) is 37.5 Å². The molecule has 6 heteroatoms. The lowest BCUT2D eigenvalue weighted by atomic mass is 10.2. The van der Waals surface area contributed by atoms with Gasteiger partial charge in [0.2, 0.25) is 5.96 Å². The van der Waals surface area contributed by atoms with E-state index >= 15 is 0 Å². The second-order valence-electron chi connectivity index (χ2n) is 5.11. The predicted molar refractivity (Wildman–Crippen MR) is 80.8 cm³/mol. The maximum Gasteiger partial charge on any atom is 0.225 e. The van der Waals surface area contributed by atoms with Crippen LogP contribution in [0.15, 0.2) is 29.3 Å². The molecule has 2 saturated heterocycles. The molecule has 0 atom stereocenters. The van der Waals surface area contributed by atoms with Gasteiger partial charge in [0.1, 0.15) is 0 Å². The first-order chi connectivity index (χ1) is 9.86. The first kappa shape index (κ1) is 13.2. The summed E-state index contributed by atoms with van der Waals surface area (Å²) in [6.07, 6.45) is 2.63. The quantitative estimate of drug-likeness (QED) is 0.764. The van der Waals surface area contributed by atoms with E-state index in [0.717, 1.165) is 12.5 Å². The van der Waals surface area contributed by atoms with Crippen LogP contribution in [0.5, 0.6) is 0 Å². The number of guanidine groups is 1. The maximum absolute atomic E-state index is 4.57. The summed E-state index contributed by atoms with van der Waals surface area (Å²) in [5.41, 5.74) is 11.4. The smallest absolute Gasteiger partial charge is 0.225 e. The molecular weight excluding hydrogens is 252 g/mol. The molecule has 2 fully saturated rings. The molecule has 3 N–H and O–H groups in total. The van der Waals surface area contributed by atoms with Crippen molar-refractivity contribution in [2.75, 3.05) is 24.5 Å². The molecule has 0 aliphatic carbocycles. The standard InChI is InChI=1S/C14H22N6/c1-2-20-14(16-17-18-20)15-11-12-5-7-13(8-6-12)19-9-3-4-10-19/h5-8,17-18H,2-4,9-11H2,1H3,(H,15,16). The predicted octanol–water partition coefficient (Wildman–Crippen LogP) is 0.992. The Labute approximate surface area is 119 Å². The van der Waals surface area contributed by atoms with Gasteiger partial charge in [-0.2, -0.15) is 5.53 Å². The van der Waals surface area contributed by atoms with Gasteiger partial charge >= 0.3 is 0 Å². The lowest BCUT2D eigenvalue weighted by Crippen LogP contribution is -2.37. The SMILES string of the molecule is CCN1NNNC1=NCc1ccc(N2CCCC2)cc1. The summed E-state index contributed by atoms with van der Waals surface area (Å²) in [7, 11) is 0. The summed E-state index contributed by atoms with van der Waals surface area (Å²) in [5.74, 6) is 0.830. The fourth-order valence-electron chi connectivity index (χ4n) is 2.58. The summed E-state index contributed by atoms with van der Waals surface area (Å²) in [6.45, 7) is 5.99. The van der Waals surface area contributed by atoms with Crippen molar-refractivity contribution in [2.45, 2.75) is 26.3 Å². The Hall–Kier alpha value is -1.79. The van der Waals surface area contributed by atoms with E-state index in [1.165, 1.54) is 37.2 Å². The first-order valence-corrected chi connectivity index (χ1v) is 7.29. The van der Waals surface area contributed by atoms with Crippen molar-refractivity contribution in [2.24, 2.45) is 4.99 Å². The van der Waals surface area contributed by atoms with E-state index < -0.39 is 0 Å². The number of benzene rings is 1. The van der Waals surface area contributed by atoms with E-state index in [1.807, 2.05) is 5.01 Å². The Kier molecular flexibility index (Phi) is 4.03. The highest BCUT2D eigenvalue weighted by molar-refractivity contribution is 5.80. The molecule has 0 spiro atoms. The van der Waals surface area contributed by atoms with E-state index in [-0.39, 0.29) is 0 Å². The third kappa shape index (κ3) is 2.86. The van der Waals surface area contributed by atoms with Crippen LogP contribution in [-0.2, 0) is 6.54 Å². The maximum atomic E-state index is 4.57. The van der Waals surface area contributed by atoms with Crippen molar-refractivity contribution in [1.82, 2.24) is 21.5 Å². The average Bonchev–Trinajstić information content (AvgIpc) is 3.16. The van der Waals surface area contributed by atoms with Crippen LogP contribution in [0.3, 0.4) is 0 Å². The summed E-state index contributed by atoms with van der Waals surface area (Å²) < 4.78 is 0. The molecule has 0 unspecified atom stereocenters. The number of aliphatic imine (C=N–C) groups is 1. The second-order valence-corrected chi connectivity index (χ2v) is 5.11. The van der Waals surface area contributed by atoms with Gasteiger partial charge in [-0.3, -0.25) is 10.4 Å². The molecule has 0 saturated carbocycles. The van der Waals surface area contributed by atoms with Crippen LogP contribution >= 0.6 is 0 Å². The summed E-state index contributed by atoms with van der Waals surface area (Å²) in [5, 5.41) is 1.93. The number of hydrazine groups is 3. The van der Waals surface area contributed by atoms with Crippen LogP contribution < -0.4 is 21.4 Å². The van der Waals surface area contributed by atoms with Gasteiger partial charge in [0.15, 0.2) is 0 Å². The van der Waals surface area contributed by atoms with Crippen LogP contribution in [0.4, 0.5) is 5.69 Å². The number of nitrogens with zero attached hydrogens (tertiary/aromatic N) is 3. The van der Waals surface area contributed by atoms with Gasteiger partial charge in [-0.25, -0.2) is 4.99 Å². The van der Waals surface area contributed by atoms with Gasteiger partial charge < -0.3 is 4.90 Å². The molecule has 3 rings (SSSR count). The van der Waals surface area contributed by atoms with Crippen LogP contribution in [0.25, 0.3) is 0 Å². The van der Waals surface area contributed by atoms with Crippen molar-refractivity contribution in [3.05, 3.63) is 29.8 Å². The molecule has 0 aromatic heterocycles. The zero-order valence-electron chi connectivity index (χ0n) is 11.9. The third-order valence-electron chi connectivity index (χ3n) is 3.76. The van der Waals surface area contributed by atoms with Crippen LogP contribution in [-0.4, -0.2) is 30.6 Å². The average molecular weight is 274 g/mol. The number of hydrogen-bond donors (Lipinski definition) is 3. The van der Waals surface area contributed by atoms with Crippen molar-refractivity contribution >= 4 is 11.6 Å². The normalized spacial score (nSPS) is 20.8. The zero-order chi connectivity index (χ0) is 13.8. The Morgan fingerprint density at radius 1 is 1.15 bits per heavy atom. The summed E-state index contributed by atoms with van der Waals surface area (Å²) in [4.78, 5) is 7.01. The fourth-order valence-corrected chi connectivity index (χ4v) is 2.58. The molecule has 1 aromatic rings. The van der Waals surface area contributed by atoms with Gasteiger partial charge in [0, 0.05) is 25.3 Å². The number of nitrogens with one attached hydrogen (secondary N) is 3. The van der Waals surface area contributed by atoms with E-state index in [2.05, 4.69) is 57.6 Å². The first-order valence-electron chi connectivity index (χ1n) is 7.29. The minimum Gasteiger partial charge on any atom is -0.372 e. The van der Waals surface area contributed by atoms with Gasteiger partial charge in [0.05, 0.1) is 6.54 Å². The topological polar surface area (TPSA) is 54.9 Å². The number of rotatable bonds is 4. The molecular formula is C14H22N6. The minimum absolute atomic E-state index is 0.683. The zero-order valence-corrected chi connectivity index (χ0v) is 11.9. The van der Waals surface area contributed by atoms with Crippen molar-refractivity contribution in [3.8, 4) is 0 Å².